The summed E-state index contributed by atoms with van der Waals surface area (Å²) in [5, 5.41) is 1.01. The Balaban J connectivity index is 0.000000162. The van der Waals surface area contributed by atoms with E-state index in [0.717, 1.165) is 11.0 Å². The van der Waals surface area contributed by atoms with E-state index < -0.39 is 0 Å². The number of hydrogen-bond donors (Lipinski definition) is 1. The van der Waals surface area contributed by atoms with Crippen LogP contribution in [0.2, 0.25) is 10.3 Å². The number of fused-ring (bicyclic) bond motifs is 1. The third-order valence-electron chi connectivity index (χ3n) is 1.86. The zero-order valence-electron chi connectivity index (χ0n) is 8.15. The lowest BCUT2D eigenvalue weighted by Crippen LogP contribution is -1.68. The SMILES string of the molecule is Clc1nc2cccc(Cl)c2[nH]1.c1ccoc1. The van der Waals surface area contributed by atoms with Gasteiger partial charge in [0.25, 0.3) is 0 Å². The number of nitrogens with zero attached hydrogens (tertiary/aromatic N) is 1. The molecule has 0 aliphatic rings. The summed E-state index contributed by atoms with van der Waals surface area (Å²) in [6.45, 7) is 0. The molecule has 0 bridgehead atoms. The van der Waals surface area contributed by atoms with Gasteiger partial charge in [0.2, 0.25) is 5.28 Å². The highest BCUT2D eigenvalue weighted by molar-refractivity contribution is 6.35. The van der Waals surface area contributed by atoms with Crippen LogP contribution < -0.4 is 0 Å². The van der Waals surface area contributed by atoms with Crippen molar-refractivity contribution in [2.45, 2.75) is 0 Å². The van der Waals surface area contributed by atoms with Crippen molar-refractivity contribution in [2.75, 3.05) is 0 Å². The molecule has 82 valence electrons. The second-order valence-corrected chi connectivity index (χ2v) is 3.72. The van der Waals surface area contributed by atoms with Gasteiger partial charge in [-0.2, -0.15) is 0 Å². The standard InChI is InChI=1S/C7H4Cl2N2.C4H4O/c8-4-2-1-3-5-6(4)11-7(9)10-5;1-2-4-5-3-1/h1-3H,(H,10,11);1-4H. The predicted molar refractivity (Wildman–Crippen MR) is 64.8 cm³/mol. The summed E-state index contributed by atoms with van der Waals surface area (Å²) >= 11 is 11.5. The highest BCUT2D eigenvalue weighted by Crippen LogP contribution is 2.21. The first-order valence-corrected chi connectivity index (χ1v) is 5.30. The molecule has 3 nitrogen and oxygen atoms in total. The second kappa shape index (κ2) is 5.05. The molecule has 0 saturated carbocycles. The van der Waals surface area contributed by atoms with Gasteiger partial charge in [-0.25, -0.2) is 4.98 Å². The molecule has 5 heteroatoms. The van der Waals surface area contributed by atoms with Crippen molar-refractivity contribution in [3.05, 3.63) is 53.2 Å². The molecule has 0 aliphatic carbocycles. The van der Waals surface area contributed by atoms with Gasteiger partial charge in [-0.1, -0.05) is 17.7 Å². The maximum Gasteiger partial charge on any atom is 0.201 e. The van der Waals surface area contributed by atoms with Crippen LogP contribution in [-0.4, -0.2) is 9.97 Å². The average Bonchev–Trinajstić information content (AvgIpc) is 2.88. The number of imidazole rings is 1. The quantitative estimate of drug-likeness (QED) is 0.655. The Kier molecular flexibility index (Phi) is 3.49. The first-order chi connectivity index (χ1) is 7.77. The Labute approximate surface area is 102 Å². The first-order valence-electron chi connectivity index (χ1n) is 4.54. The molecule has 0 radical (unpaired) electrons. The van der Waals surface area contributed by atoms with Gasteiger partial charge in [-0.3, -0.25) is 0 Å². The molecule has 0 fully saturated rings. The summed E-state index contributed by atoms with van der Waals surface area (Å²) in [4.78, 5) is 6.85. The summed E-state index contributed by atoms with van der Waals surface area (Å²) in [7, 11) is 0. The maximum absolute atomic E-state index is 5.84. The van der Waals surface area contributed by atoms with E-state index in [1.54, 1.807) is 18.6 Å². The van der Waals surface area contributed by atoms with E-state index in [1.807, 2.05) is 24.3 Å². The monoisotopic (exact) mass is 254 g/mol. The van der Waals surface area contributed by atoms with Crippen LogP contribution in [0, 0.1) is 0 Å². The normalized spacial score (nSPS) is 9.88. The first kappa shape index (κ1) is 11.0. The van der Waals surface area contributed by atoms with Crippen LogP contribution in [0.1, 0.15) is 0 Å². The fourth-order valence-electron chi connectivity index (χ4n) is 1.19. The van der Waals surface area contributed by atoms with Gasteiger partial charge in [0.1, 0.15) is 0 Å². The van der Waals surface area contributed by atoms with Crippen LogP contribution in [0.5, 0.6) is 0 Å². The lowest BCUT2D eigenvalue weighted by atomic mass is 10.3. The third-order valence-corrected chi connectivity index (χ3v) is 2.36. The van der Waals surface area contributed by atoms with Crippen molar-refractivity contribution >= 4 is 34.2 Å². The maximum atomic E-state index is 5.84. The molecule has 2 heterocycles. The zero-order valence-corrected chi connectivity index (χ0v) is 9.66. The summed E-state index contributed by atoms with van der Waals surface area (Å²) < 4.78 is 4.58. The number of H-pyrrole nitrogens is 1. The largest absolute Gasteiger partial charge is 0.473 e. The molecule has 1 aromatic carbocycles. The minimum atomic E-state index is 0.369. The third kappa shape index (κ3) is 2.56. The predicted octanol–water partition coefficient (Wildman–Crippen LogP) is 4.15. The number of para-hydroxylation sites is 1. The minimum absolute atomic E-state index is 0.369. The van der Waals surface area contributed by atoms with Crippen LogP contribution in [0.25, 0.3) is 11.0 Å². The number of halogens is 2. The zero-order chi connectivity index (χ0) is 11.4. The van der Waals surface area contributed by atoms with Gasteiger partial charge in [0.05, 0.1) is 28.6 Å². The van der Waals surface area contributed by atoms with E-state index in [1.165, 1.54) is 0 Å². The van der Waals surface area contributed by atoms with Crippen LogP contribution in [0.15, 0.2) is 47.3 Å². The molecular formula is C11H8Cl2N2O. The van der Waals surface area contributed by atoms with Gasteiger partial charge in [0.15, 0.2) is 0 Å². The van der Waals surface area contributed by atoms with E-state index >= 15 is 0 Å². The number of aromatic amines is 1. The smallest absolute Gasteiger partial charge is 0.201 e. The number of nitrogens with one attached hydrogen (secondary N) is 1. The van der Waals surface area contributed by atoms with Gasteiger partial charge < -0.3 is 9.40 Å². The molecule has 1 N–H and O–H groups in total. The number of benzene rings is 1. The molecule has 0 atom stereocenters. The molecule has 2 aromatic heterocycles. The van der Waals surface area contributed by atoms with Gasteiger partial charge >= 0.3 is 0 Å². The molecule has 0 unspecified atom stereocenters. The van der Waals surface area contributed by atoms with Crippen LogP contribution in [-0.2, 0) is 0 Å². The average molecular weight is 255 g/mol. The molecule has 0 saturated heterocycles. The van der Waals surface area contributed by atoms with Crippen LogP contribution in [0.3, 0.4) is 0 Å². The lowest BCUT2D eigenvalue weighted by molar-refractivity contribution is 0.567. The number of furan rings is 1. The summed E-state index contributed by atoms with van der Waals surface area (Å²) in [5.74, 6) is 0. The molecule has 0 amide bonds. The van der Waals surface area contributed by atoms with Gasteiger partial charge in [-0.05, 0) is 35.9 Å². The van der Waals surface area contributed by atoms with E-state index in [0.29, 0.717) is 10.3 Å². The number of rotatable bonds is 0. The van der Waals surface area contributed by atoms with Crippen molar-refractivity contribution in [3.63, 3.8) is 0 Å². The number of aromatic nitrogens is 2. The Morgan fingerprint density at radius 2 is 1.81 bits per heavy atom. The Hall–Kier alpha value is -1.45. The minimum Gasteiger partial charge on any atom is -0.473 e. The Morgan fingerprint density at radius 1 is 1.06 bits per heavy atom. The van der Waals surface area contributed by atoms with Gasteiger partial charge in [-0.15, -0.1) is 0 Å². The molecule has 3 rings (SSSR count). The highest BCUT2D eigenvalue weighted by Gasteiger charge is 2.02. The molecule has 3 aromatic rings. The van der Waals surface area contributed by atoms with Crippen molar-refractivity contribution in [3.8, 4) is 0 Å². The fourth-order valence-corrected chi connectivity index (χ4v) is 1.60. The molecule has 0 spiro atoms. The van der Waals surface area contributed by atoms with Crippen LogP contribution >= 0.6 is 23.2 Å². The van der Waals surface area contributed by atoms with Crippen molar-refractivity contribution in [1.82, 2.24) is 9.97 Å². The topological polar surface area (TPSA) is 41.8 Å². The summed E-state index contributed by atoms with van der Waals surface area (Å²) in [5.41, 5.74) is 1.58. The molecular weight excluding hydrogens is 247 g/mol. The summed E-state index contributed by atoms with van der Waals surface area (Å²) in [6.07, 6.45) is 3.25. The van der Waals surface area contributed by atoms with Crippen molar-refractivity contribution in [2.24, 2.45) is 0 Å². The molecule has 0 aliphatic heterocycles. The van der Waals surface area contributed by atoms with E-state index in [2.05, 4.69) is 14.4 Å². The Bertz CT molecular complexity index is 543. The van der Waals surface area contributed by atoms with Crippen molar-refractivity contribution < 1.29 is 4.42 Å². The lowest BCUT2D eigenvalue weighted by Gasteiger charge is -1.88. The molecule has 16 heavy (non-hydrogen) atoms. The van der Waals surface area contributed by atoms with E-state index in [-0.39, 0.29) is 0 Å². The highest BCUT2D eigenvalue weighted by atomic mass is 35.5. The van der Waals surface area contributed by atoms with E-state index in [4.69, 9.17) is 23.2 Å². The van der Waals surface area contributed by atoms with Crippen LogP contribution in [0.4, 0.5) is 0 Å². The van der Waals surface area contributed by atoms with E-state index in [9.17, 15) is 0 Å². The second-order valence-electron chi connectivity index (χ2n) is 2.95. The summed E-state index contributed by atoms with van der Waals surface area (Å²) in [6, 6.07) is 9.14. The number of hydrogen-bond acceptors (Lipinski definition) is 2. The fraction of sp³-hybridized carbons (Fsp3) is 0. The van der Waals surface area contributed by atoms with Gasteiger partial charge in [0, 0.05) is 0 Å². The van der Waals surface area contributed by atoms with Crippen molar-refractivity contribution in [1.29, 1.82) is 0 Å². The Morgan fingerprint density at radius 3 is 2.38 bits per heavy atom.